The fourth-order valence-corrected chi connectivity index (χ4v) is 29.9. The van der Waals surface area contributed by atoms with Gasteiger partial charge in [-0.3, -0.25) is 0 Å². The van der Waals surface area contributed by atoms with Gasteiger partial charge in [-0.1, -0.05) is 124 Å². The number of hydrogen-bond acceptors (Lipinski definition) is 0. The minimum Gasteiger partial charge on any atom is -0.342 e. The molecule has 0 bridgehead atoms. The summed E-state index contributed by atoms with van der Waals surface area (Å²) >= 11 is 0. The van der Waals surface area contributed by atoms with Crippen LogP contribution in [0.1, 0.15) is 109 Å². The van der Waals surface area contributed by atoms with E-state index < -0.39 is 31.6 Å². The van der Waals surface area contributed by atoms with Crippen LogP contribution >= 0.6 is 16.3 Å². The van der Waals surface area contributed by atoms with E-state index in [1.54, 1.807) is 44.5 Å². The average molecular weight is 941 g/mol. The van der Waals surface area contributed by atoms with Gasteiger partial charge in [0, 0.05) is 65.4 Å². The van der Waals surface area contributed by atoms with Gasteiger partial charge in [-0.15, -0.1) is 16.1 Å². The first-order chi connectivity index (χ1) is 21.7. The first-order valence-electron chi connectivity index (χ1n) is 19.6. The molecule has 0 aromatic heterocycles. The van der Waals surface area contributed by atoms with Crippen molar-refractivity contribution in [1.29, 1.82) is 0 Å². The van der Waals surface area contributed by atoms with Gasteiger partial charge in [-0.25, -0.2) is 0 Å². The van der Waals surface area contributed by atoms with Crippen LogP contribution in [0.3, 0.4) is 0 Å². The quantitative estimate of drug-likeness (QED) is 0.154. The third-order valence-electron chi connectivity index (χ3n) is 10.8. The van der Waals surface area contributed by atoms with E-state index >= 15 is 0 Å². The molecule has 2 aromatic carbocycles. The van der Waals surface area contributed by atoms with Crippen molar-refractivity contribution in [2.75, 3.05) is 0 Å². The van der Waals surface area contributed by atoms with Crippen molar-refractivity contribution < 1.29 is 65.4 Å². The van der Waals surface area contributed by atoms with E-state index in [4.69, 9.17) is 0 Å². The van der Waals surface area contributed by atoms with Crippen LogP contribution < -0.4 is 10.4 Å². The van der Waals surface area contributed by atoms with Crippen molar-refractivity contribution in [3.63, 3.8) is 0 Å². The molecule has 0 saturated heterocycles. The van der Waals surface area contributed by atoms with Crippen LogP contribution in [0.25, 0.3) is 0 Å². The monoisotopic (exact) mass is 940 g/mol. The van der Waals surface area contributed by atoms with Crippen molar-refractivity contribution in [2.24, 2.45) is 0 Å². The second-order valence-corrected chi connectivity index (χ2v) is 50.8. The van der Waals surface area contributed by atoms with Gasteiger partial charge in [0.05, 0.1) is 11.3 Å². The van der Waals surface area contributed by atoms with Crippen molar-refractivity contribution >= 4 is 58.3 Å². The van der Waals surface area contributed by atoms with Gasteiger partial charge in [0.1, 0.15) is 0 Å². The molecule has 2 aliphatic rings. The van der Waals surface area contributed by atoms with Crippen molar-refractivity contribution in [2.45, 2.75) is 196 Å². The average Bonchev–Trinajstić information content (AvgIpc) is 3.26. The summed E-state index contributed by atoms with van der Waals surface area (Å²) in [7, 11) is -2.77. The molecule has 50 heavy (non-hydrogen) atoms. The van der Waals surface area contributed by atoms with Crippen molar-refractivity contribution in [1.82, 2.24) is 0 Å². The van der Waals surface area contributed by atoms with Gasteiger partial charge < -0.3 is 13.1 Å². The zero-order valence-electron chi connectivity index (χ0n) is 36.9. The summed E-state index contributed by atoms with van der Waals surface area (Å²) in [4.78, 5) is 0. The van der Waals surface area contributed by atoms with E-state index in [1.807, 2.05) is 10.4 Å². The topological polar surface area (TPSA) is 0 Å². The Morgan fingerprint density at radius 1 is 0.460 bits per heavy atom. The first-order valence-corrected chi connectivity index (χ1v) is 38.0. The molecule has 0 spiro atoms. The van der Waals surface area contributed by atoms with Gasteiger partial charge in [0.25, 0.3) is 0 Å². The van der Waals surface area contributed by atoms with Crippen LogP contribution in [0.15, 0.2) is 0 Å². The predicted molar refractivity (Wildman–Crippen MR) is 247 cm³/mol. The molecule has 2 saturated carbocycles. The SMILES string of the molecule is Cc1c([Si](C)(C)[PH2+]C2CCCCC2)c(C)[c-](C)c1C.Cc1c([Si](C)(C)[PH2+]C2CCCCC2)c(C)[c-](C)c1C.[CH2-][Si](C)(C)C.[CH2-][Si](C)(C)C.[Y].[Y]. The minimum absolute atomic E-state index is 0. The molecular weight excluding hydrogens is 857 g/mol. The van der Waals surface area contributed by atoms with Gasteiger partial charge in [-0.05, 0) is 77.6 Å². The molecule has 8 heteroatoms. The Balaban J connectivity index is 0. The molecule has 0 N–H and O–H groups in total. The van der Waals surface area contributed by atoms with Gasteiger partial charge in [0.15, 0.2) is 15.5 Å². The summed E-state index contributed by atoms with van der Waals surface area (Å²) in [6.45, 7) is 50.5. The maximum atomic E-state index is 3.91. The Morgan fingerprint density at radius 3 is 0.860 bits per heavy atom. The smallest absolute Gasteiger partial charge is 0.182 e. The van der Waals surface area contributed by atoms with Crippen LogP contribution in [0.5, 0.6) is 0 Å². The van der Waals surface area contributed by atoms with Crippen LogP contribution in [0.4, 0.5) is 0 Å². The van der Waals surface area contributed by atoms with Crippen molar-refractivity contribution in [3.05, 3.63) is 57.6 Å². The fraction of sp³-hybridized carbons (Fsp3) is 0.714. The van der Waals surface area contributed by atoms with Gasteiger partial charge in [0.2, 0.25) is 0 Å². The standard InChI is InChI=1S/2C17H30PSi.2C4H11Si.2Y/c2*1-12-13(2)15(4)17(14(12)3)19(5,6)18-16-10-8-7-9-11-16;2*1-5(2,3)4;;/h2*16,18H,7-11H2,1-6H3;2*1H2,2-4H3;;/q4*-1;;/p+2. The van der Waals surface area contributed by atoms with Crippen molar-refractivity contribution in [3.8, 4) is 0 Å². The summed E-state index contributed by atoms with van der Waals surface area (Å²) in [5, 5.41) is 3.64. The molecular formula is C42H84P2Si4Y2-2. The minimum atomic E-state index is -1.18. The predicted octanol–water partition coefficient (Wildman–Crippen LogP) is 13.0. The van der Waals surface area contributed by atoms with E-state index in [0.29, 0.717) is 16.3 Å². The van der Waals surface area contributed by atoms with Crippen LogP contribution in [0, 0.1) is 68.5 Å². The molecule has 0 aliphatic heterocycles. The third-order valence-corrected chi connectivity index (χ3v) is 28.3. The molecule has 286 valence electrons. The normalized spacial score (nSPS) is 16.6. The first kappa shape index (κ1) is 54.7. The van der Waals surface area contributed by atoms with Gasteiger partial charge >= 0.3 is 0 Å². The van der Waals surface area contributed by atoms with Crippen LogP contribution in [0.2, 0.25) is 65.5 Å². The Bertz CT molecular complexity index is 1110. The van der Waals surface area contributed by atoms with Crippen LogP contribution in [-0.4, -0.2) is 42.9 Å². The molecule has 2 radical (unpaired) electrons. The van der Waals surface area contributed by atoms with Gasteiger partial charge in [-0.2, -0.15) is 54.9 Å². The Kier molecular flexibility index (Phi) is 26.0. The number of rotatable bonds is 6. The molecule has 0 amide bonds. The van der Waals surface area contributed by atoms with E-state index in [0.717, 1.165) is 11.3 Å². The molecule has 0 heterocycles. The Morgan fingerprint density at radius 2 is 0.680 bits per heavy atom. The molecule has 2 atom stereocenters. The van der Waals surface area contributed by atoms with E-state index in [-0.39, 0.29) is 65.4 Å². The molecule has 4 rings (SSSR count). The summed E-state index contributed by atoms with van der Waals surface area (Å²) in [5.74, 6) is 0. The maximum absolute atomic E-state index is 3.91. The zero-order chi connectivity index (χ0) is 37.4. The molecule has 2 fully saturated rings. The maximum Gasteiger partial charge on any atom is 0.182 e. The largest absolute Gasteiger partial charge is 0.342 e. The zero-order valence-corrected chi connectivity index (χ0v) is 48.9. The summed E-state index contributed by atoms with van der Waals surface area (Å²) < 4.78 is 0. The second kappa shape index (κ2) is 23.8. The number of hydrogen-bond donors (Lipinski definition) is 0. The van der Waals surface area contributed by atoms with E-state index in [9.17, 15) is 0 Å². The third kappa shape index (κ3) is 19.2. The van der Waals surface area contributed by atoms with E-state index in [1.165, 1.54) is 64.2 Å². The summed E-state index contributed by atoms with van der Waals surface area (Å²) in [5.41, 5.74) is 15.0. The Labute approximate surface area is 373 Å². The molecule has 2 aliphatic carbocycles. The molecule has 0 nitrogen and oxygen atoms in total. The summed E-state index contributed by atoms with van der Waals surface area (Å²) in [6.07, 6.45) is 15.1. The van der Waals surface area contributed by atoms with Crippen LogP contribution in [-0.2, 0) is 65.4 Å². The summed E-state index contributed by atoms with van der Waals surface area (Å²) in [6, 6.07) is 0. The van der Waals surface area contributed by atoms with E-state index in [2.05, 4.69) is 134 Å². The Hall–Kier alpha value is 2.64. The molecule has 2 unspecified atom stereocenters. The molecule has 2 aromatic rings. The second-order valence-electron chi connectivity index (χ2n) is 19.4. The fourth-order valence-electron chi connectivity index (χ4n) is 8.32.